The molecular weight excluding hydrogens is 335 g/mol. The first kappa shape index (κ1) is 19.6. The molecule has 0 aliphatic carbocycles. The average molecular weight is 360 g/mol. The quantitative estimate of drug-likeness (QED) is 0.796. The maximum absolute atomic E-state index is 13.1. The van der Waals surface area contributed by atoms with E-state index in [0.29, 0.717) is 35.7 Å². The Hall–Kier alpha value is -2.70. The van der Waals surface area contributed by atoms with Gasteiger partial charge in [-0.05, 0) is 52.0 Å². The number of aromatic nitrogens is 2. The molecule has 0 unspecified atom stereocenters. The summed E-state index contributed by atoms with van der Waals surface area (Å²) in [5.74, 6) is -0.679. The van der Waals surface area contributed by atoms with Crippen LogP contribution < -0.4 is 0 Å². The van der Waals surface area contributed by atoms with Gasteiger partial charge in [0.25, 0.3) is 5.91 Å². The smallest absolute Gasteiger partial charge is 0.257 e. The molecule has 140 valence electrons. The van der Waals surface area contributed by atoms with E-state index < -0.39 is 0 Å². The van der Waals surface area contributed by atoms with E-state index in [1.54, 1.807) is 42.6 Å². The van der Waals surface area contributed by atoms with E-state index in [2.05, 4.69) is 5.10 Å². The van der Waals surface area contributed by atoms with Crippen molar-refractivity contribution in [2.45, 2.75) is 27.7 Å². The number of hydrogen-bond donors (Lipinski definition) is 0. The molecule has 0 bridgehead atoms. The van der Waals surface area contributed by atoms with Crippen molar-refractivity contribution in [1.82, 2.24) is 19.6 Å². The highest BCUT2D eigenvalue weighted by atomic mass is 19.1. The van der Waals surface area contributed by atoms with Crippen molar-refractivity contribution < 1.29 is 14.0 Å². The maximum atomic E-state index is 13.1. The van der Waals surface area contributed by atoms with Crippen LogP contribution in [0.3, 0.4) is 0 Å². The van der Waals surface area contributed by atoms with E-state index in [1.165, 1.54) is 17.0 Å². The Morgan fingerprint density at radius 2 is 1.69 bits per heavy atom. The summed E-state index contributed by atoms with van der Waals surface area (Å²) in [5.41, 5.74) is 2.36. The minimum atomic E-state index is -0.332. The molecule has 26 heavy (non-hydrogen) atoms. The molecule has 0 fully saturated rings. The molecule has 1 heterocycles. The lowest BCUT2D eigenvalue weighted by atomic mass is 10.1. The van der Waals surface area contributed by atoms with Crippen molar-refractivity contribution in [1.29, 1.82) is 0 Å². The predicted molar refractivity (Wildman–Crippen MR) is 97.9 cm³/mol. The van der Waals surface area contributed by atoms with Crippen LogP contribution in [0.25, 0.3) is 5.69 Å². The van der Waals surface area contributed by atoms with E-state index in [0.717, 1.165) is 0 Å². The number of amides is 2. The lowest BCUT2D eigenvalue weighted by Crippen LogP contribution is -2.41. The largest absolute Gasteiger partial charge is 0.342 e. The van der Waals surface area contributed by atoms with Crippen LogP contribution in [0.2, 0.25) is 0 Å². The lowest BCUT2D eigenvalue weighted by Gasteiger charge is -2.23. The second kappa shape index (κ2) is 8.12. The first-order chi connectivity index (χ1) is 12.3. The van der Waals surface area contributed by atoms with Gasteiger partial charge in [0.15, 0.2) is 0 Å². The van der Waals surface area contributed by atoms with E-state index in [4.69, 9.17) is 0 Å². The zero-order valence-corrected chi connectivity index (χ0v) is 15.9. The van der Waals surface area contributed by atoms with Crippen LogP contribution in [0.4, 0.5) is 4.39 Å². The molecule has 0 spiro atoms. The summed E-state index contributed by atoms with van der Waals surface area (Å²) in [6.45, 7) is 8.59. The van der Waals surface area contributed by atoms with Gasteiger partial charge in [0, 0.05) is 20.1 Å². The molecule has 1 aromatic carbocycles. The van der Waals surface area contributed by atoms with Crippen LogP contribution >= 0.6 is 0 Å². The lowest BCUT2D eigenvalue weighted by molar-refractivity contribution is -0.131. The number of halogens is 1. The number of benzene rings is 1. The van der Waals surface area contributed by atoms with Crippen molar-refractivity contribution in [2.75, 3.05) is 26.7 Å². The van der Waals surface area contributed by atoms with Crippen LogP contribution in [0.5, 0.6) is 0 Å². The average Bonchev–Trinajstić information content (AvgIpc) is 2.90. The Morgan fingerprint density at radius 1 is 1.12 bits per heavy atom. The number of carbonyl (C=O) groups is 2. The van der Waals surface area contributed by atoms with Crippen molar-refractivity contribution in [2.24, 2.45) is 0 Å². The third-order valence-electron chi connectivity index (χ3n) is 4.41. The van der Waals surface area contributed by atoms with Gasteiger partial charge in [-0.15, -0.1) is 0 Å². The van der Waals surface area contributed by atoms with E-state index >= 15 is 0 Å². The Labute approximate surface area is 153 Å². The summed E-state index contributed by atoms with van der Waals surface area (Å²) >= 11 is 0. The molecule has 0 saturated heterocycles. The van der Waals surface area contributed by atoms with Crippen LogP contribution in [-0.4, -0.2) is 58.1 Å². The SMILES string of the molecule is CCN(CC)C(=O)CN(C)C(=O)c1c(C)nn(-c2ccc(F)cc2)c1C. The van der Waals surface area contributed by atoms with Gasteiger partial charge >= 0.3 is 0 Å². The Kier molecular flexibility index (Phi) is 6.13. The Morgan fingerprint density at radius 3 is 2.23 bits per heavy atom. The van der Waals surface area contributed by atoms with Crippen LogP contribution in [0.15, 0.2) is 24.3 Å². The minimum Gasteiger partial charge on any atom is -0.342 e. The minimum absolute atomic E-state index is 0.0150. The molecule has 2 amide bonds. The fourth-order valence-corrected chi connectivity index (χ4v) is 2.93. The normalized spacial score (nSPS) is 10.7. The van der Waals surface area contributed by atoms with Crippen molar-refractivity contribution >= 4 is 11.8 Å². The summed E-state index contributed by atoms with van der Waals surface area (Å²) < 4.78 is 14.8. The van der Waals surface area contributed by atoms with Gasteiger partial charge in [-0.3, -0.25) is 9.59 Å². The molecule has 7 heteroatoms. The fourth-order valence-electron chi connectivity index (χ4n) is 2.93. The van der Waals surface area contributed by atoms with Gasteiger partial charge in [0.05, 0.1) is 29.2 Å². The third kappa shape index (κ3) is 3.92. The molecule has 0 atom stereocenters. The highest BCUT2D eigenvalue weighted by Crippen LogP contribution is 2.19. The van der Waals surface area contributed by atoms with Crippen molar-refractivity contribution in [3.63, 3.8) is 0 Å². The highest BCUT2D eigenvalue weighted by Gasteiger charge is 2.24. The molecule has 0 radical (unpaired) electrons. The second-order valence-corrected chi connectivity index (χ2v) is 6.16. The topological polar surface area (TPSA) is 58.4 Å². The third-order valence-corrected chi connectivity index (χ3v) is 4.41. The summed E-state index contributed by atoms with van der Waals surface area (Å²) in [6.07, 6.45) is 0. The standard InChI is InChI=1S/C19H25FN4O2/c1-6-23(7-2)17(25)12-22(5)19(26)18-13(3)21-24(14(18)4)16-10-8-15(20)9-11-16/h8-11H,6-7,12H2,1-5H3. The number of aryl methyl sites for hydroxylation is 1. The molecule has 1 aromatic heterocycles. The maximum Gasteiger partial charge on any atom is 0.257 e. The number of likely N-dealkylation sites (N-methyl/N-ethyl adjacent to an activating group) is 2. The van der Waals surface area contributed by atoms with Gasteiger partial charge in [-0.2, -0.15) is 5.10 Å². The molecule has 0 saturated carbocycles. The monoisotopic (exact) mass is 360 g/mol. The first-order valence-corrected chi connectivity index (χ1v) is 8.65. The van der Waals surface area contributed by atoms with Gasteiger partial charge in [-0.1, -0.05) is 0 Å². The number of nitrogens with zero attached hydrogens (tertiary/aromatic N) is 4. The number of carbonyl (C=O) groups excluding carboxylic acids is 2. The summed E-state index contributed by atoms with van der Waals surface area (Å²) in [7, 11) is 1.61. The molecule has 2 rings (SSSR count). The van der Waals surface area contributed by atoms with Gasteiger partial charge in [0.2, 0.25) is 5.91 Å². The molecule has 0 aliphatic rings. The number of hydrogen-bond acceptors (Lipinski definition) is 3. The van der Waals surface area contributed by atoms with E-state index in [9.17, 15) is 14.0 Å². The predicted octanol–water partition coefficient (Wildman–Crippen LogP) is 2.57. The van der Waals surface area contributed by atoms with Crippen LogP contribution in [0, 0.1) is 19.7 Å². The van der Waals surface area contributed by atoms with Gasteiger partial charge in [-0.25, -0.2) is 9.07 Å². The summed E-state index contributed by atoms with van der Waals surface area (Å²) in [6, 6.07) is 5.91. The van der Waals surface area contributed by atoms with E-state index in [-0.39, 0.29) is 24.2 Å². The van der Waals surface area contributed by atoms with Crippen molar-refractivity contribution in [3.05, 3.63) is 47.0 Å². The molecule has 0 aliphatic heterocycles. The van der Waals surface area contributed by atoms with Crippen molar-refractivity contribution in [3.8, 4) is 5.69 Å². The zero-order chi connectivity index (χ0) is 19.4. The first-order valence-electron chi connectivity index (χ1n) is 8.65. The van der Waals surface area contributed by atoms with Crippen LogP contribution in [-0.2, 0) is 4.79 Å². The summed E-state index contributed by atoms with van der Waals surface area (Å²) in [5, 5.41) is 4.41. The Balaban J connectivity index is 2.26. The molecule has 6 nitrogen and oxygen atoms in total. The molecule has 2 aromatic rings. The number of rotatable bonds is 6. The Bertz CT molecular complexity index is 795. The molecular formula is C19H25FN4O2. The zero-order valence-electron chi connectivity index (χ0n) is 15.9. The summed E-state index contributed by atoms with van der Waals surface area (Å²) in [4.78, 5) is 28.2. The second-order valence-electron chi connectivity index (χ2n) is 6.16. The molecule has 0 N–H and O–H groups in total. The fraction of sp³-hybridized carbons (Fsp3) is 0.421. The van der Waals surface area contributed by atoms with E-state index in [1.807, 2.05) is 13.8 Å². The van der Waals surface area contributed by atoms with Gasteiger partial charge in [0.1, 0.15) is 5.82 Å². The highest BCUT2D eigenvalue weighted by molar-refractivity contribution is 5.98. The van der Waals surface area contributed by atoms with Crippen LogP contribution in [0.1, 0.15) is 35.6 Å². The van der Waals surface area contributed by atoms with Gasteiger partial charge < -0.3 is 9.80 Å².